The van der Waals surface area contributed by atoms with Crippen LogP contribution in [0.4, 0.5) is 29.5 Å². The molecule has 0 saturated heterocycles. The van der Waals surface area contributed by atoms with Crippen molar-refractivity contribution < 1.29 is 22.8 Å². The van der Waals surface area contributed by atoms with Crippen LogP contribution in [0.15, 0.2) is 41.2 Å². The Kier molecular flexibility index (Phi) is 6.32. The molecule has 2 atom stereocenters. The molecule has 3 rings (SSSR count). The molecule has 0 saturated carbocycles. The molecule has 11 heteroatoms. The van der Waals surface area contributed by atoms with Crippen LogP contribution in [0.1, 0.15) is 25.8 Å². The van der Waals surface area contributed by atoms with E-state index in [2.05, 4.69) is 15.7 Å². The highest BCUT2D eigenvalue weighted by atomic mass is 19.4. The van der Waals surface area contributed by atoms with Gasteiger partial charge >= 0.3 is 12.2 Å². The first-order valence-corrected chi connectivity index (χ1v) is 9.70. The standard InChI is InChI=1S/C20H22F3N5O3/c1-3-12(2)17-18(30)24-14-7-5-4-6-13(14)10-27(17)19(31)25-15-8-9-16(29)28(26-15)11-20(21,22)23/h4-9,12,17H,3,10-11H2,1-2H3,(H,24,30)(H,25,26,31). The first-order chi connectivity index (χ1) is 14.6. The molecule has 2 aromatic rings. The average molecular weight is 437 g/mol. The van der Waals surface area contributed by atoms with Crippen LogP contribution in [0, 0.1) is 5.92 Å². The molecule has 166 valence electrons. The molecule has 8 nitrogen and oxygen atoms in total. The Labute approximate surface area is 176 Å². The van der Waals surface area contributed by atoms with E-state index >= 15 is 0 Å². The number of aromatic nitrogens is 2. The maximum absolute atomic E-state index is 13.1. The number of hydrogen-bond donors (Lipinski definition) is 2. The van der Waals surface area contributed by atoms with Crippen LogP contribution >= 0.6 is 0 Å². The van der Waals surface area contributed by atoms with Gasteiger partial charge in [0.05, 0.1) is 6.54 Å². The highest BCUT2D eigenvalue weighted by Gasteiger charge is 2.37. The summed E-state index contributed by atoms with van der Waals surface area (Å²) in [5.74, 6) is -0.772. The minimum Gasteiger partial charge on any atom is -0.324 e. The molecule has 0 spiro atoms. The van der Waals surface area contributed by atoms with Crippen molar-refractivity contribution in [2.75, 3.05) is 10.6 Å². The average Bonchev–Trinajstić information content (AvgIpc) is 2.84. The summed E-state index contributed by atoms with van der Waals surface area (Å²) in [5, 5.41) is 8.85. The molecule has 31 heavy (non-hydrogen) atoms. The van der Waals surface area contributed by atoms with Gasteiger partial charge in [0.25, 0.3) is 5.56 Å². The fourth-order valence-corrected chi connectivity index (χ4v) is 3.38. The Hall–Kier alpha value is -3.37. The SMILES string of the molecule is CCC(C)C1C(=O)Nc2ccccc2CN1C(=O)Nc1ccc(=O)n(CC(F)(F)F)n1. The van der Waals surface area contributed by atoms with Gasteiger partial charge in [0, 0.05) is 11.8 Å². The highest BCUT2D eigenvalue weighted by molar-refractivity contribution is 6.00. The first kappa shape index (κ1) is 22.3. The lowest BCUT2D eigenvalue weighted by atomic mass is 9.97. The van der Waals surface area contributed by atoms with E-state index in [1.165, 1.54) is 4.90 Å². The minimum absolute atomic E-state index is 0.109. The second-order valence-corrected chi connectivity index (χ2v) is 7.36. The zero-order chi connectivity index (χ0) is 22.8. The van der Waals surface area contributed by atoms with Crippen LogP contribution in [0.5, 0.6) is 0 Å². The van der Waals surface area contributed by atoms with Gasteiger partial charge in [-0.2, -0.15) is 18.3 Å². The summed E-state index contributed by atoms with van der Waals surface area (Å²) < 4.78 is 38.3. The maximum Gasteiger partial charge on any atom is 0.408 e. The number of anilines is 2. The van der Waals surface area contributed by atoms with Crippen molar-refractivity contribution in [2.45, 2.75) is 45.6 Å². The van der Waals surface area contributed by atoms with Crippen LogP contribution < -0.4 is 16.2 Å². The number of fused-ring (bicyclic) bond motifs is 1. The number of nitrogens with one attached hydrogen (secondary N) is 2. The summed E-state index contributed by atoms with van der Waals surface area (Å²) in [4.78, 5) is 39.0. The maximum atomic E-state index is 13.1. The summed E-state index contributed by atoms with van der Waals surface area (Å²) in [6, 6.07) is 7.55. The van der Waals surface area contributed by atoms with Gasteiger partial charge in [-0.15, -0.1) is 0 Å². The lowest BCUT2D eigenvalue weighted by Gasteiger charge is -2.32. The molecule has 2 heterocycles. The molecule has 0 aliphatic carbocycles. The van der Waals surface area contributed by atoms with Crippen LogP contribution in [0.25, 0.3) is 0 Å². The number of halogens is 3. The van der Waals surface area contributed by atoms with Gasteiger partial charge in [0.1, 0.15) is 12.6 Å². The molecule has 1 aliphatic heterocycles. The monoisotopic (exact) mass is 437 g/mol. The number of alkyl halides is 3. The Morgan fingerprint density at radius 3 is 2.65 bits per heavy atom. The fraction of sp³-hybridized carbons (Fsp3) is 0.400. The van der Waals surface area contributed by atoms with E-state index < -0.39 is 30.4 Å². The molecule has 3 amide bonds. The largest absolute Gasteiger partial charge is 0.408 e. The molecule has 1 aliphatic rings. The summed E-state index contributed by atoms with van der Waals surface area (Å²) in [6.07, 6.45) is -4.03. The van der Waals surface area contributed by atoms with E-state index in [1.807, 2.05) is 13.8 Å². The minimum atomic E-state index is -4.65. The van der Waals surface area contributed by atoms with Crippen molar-refractivity contribution in [1.29, 1.82) is 0 Å². The number of rotatable bonds is 4. The highest BCUT2D eigenvalue weighted by Crippen LogP contribution is 2.27. The topological polar surface area (TPSA) is 96.3 Å². The third-order valence-corrected chi connectivity index (χ3v) is 5.09. The molecule has 2 unspecified atom stereocenters. The number of benzene rings is 1. The zero-order valence-corrected chi connectivity index (χ0v) is 16.9. The molecule has 1 aromatic carbocycles. The van der Waals surface area contributed by atoms with Crippen molar-refractivity contribution in [3.63, 3.8) is 0 Å². The zero-order valence-electron chi connectivity index (χ0n) is 16.9. The fourth-order valence-electron chi connectivity index (χ4n) is 3.38. The lowest BCUT2D eigenvalue weighted by molar-refractivity contribution is -0.143. The van der Waals surface area contributed by atoms with Gasteiger partial charge in [-0.1, -0.05) is 38.5 Å². The van der Waals surface area contributed by atoms with Crippen LogP contribution in [0.2, 0.25) is 0 Å². The summed E-state index contributed by atoms with van der Waals surface area (Å²) >= 11 is 0. The number of hydrogen-bond acceptors (Lipinski definition) is 4. The molecule has 0 bridgehead atoms. The van der Waals surface area contributed by atoms with Crippen molar-refractivity contribution in [2.24, 2.45) is 5.92 Å². The van der Waals surface area contributed by atoms with E-state index in [9.17, 15) is 27.6 Å². The van der Waals surface area contributed by atoms with Gasteiger partial charge < -0.3 is 10.2 Å². The van der Waals surface area contributed by atoms with Crippen LogP contribution in [-0.4, -0.2) is 38.8 Å². The van der Waals surface area contributed by atoms with Gasteiger partial charge in [-0.3, -0.25) is 14.9 Å². The molecule has 1 aromatic heterocycles. The molecular formula is C20H22F3N5O3. The Balaban J connectivity index is 1.91. The Bertz CT molecular complexity index is 1040. The van der Waals surface area contributed by atoms with Crippen molar-refractivity contribution in [1.82, 2.24) is 14.7 Å². The molecule has 2 N–H and O–H groups in total. The Morgan fingerprint density at radius 2 is 1.97 bits per heavy atom. The van der Waals surface area contributed by atoms with Crippen LogP contribution in [-0.2, 0) is 17.9 Å². The first-order valence-electron chi connectivity index (χ1n) is 9.70. The summed E-state index contributed by atoms with van der Waals surface area (Å²) in [6.45, 7) is 2.26. The quantitative estimate of drug-likeness (QED) is 0.768. The third-order valence-electron chi connectivity index (χ3n) is 5.09. The predicted molar refractivity (Wildman–Crippen MR) is 107 cm³/mol. The number of carbonyl (C=O) groups is 2. The summed E-state index contributed by atoms with van der Waals surface area (Å²) in [5.41, 5.74) is 0.357. The second-order valence-electron chi connectivity index (χ2n) is 7.36. The van der Waals surface area contributed by atoms with Crippen molar-refractivity contribution >= 4 is 23.4 Å². The van der Waals surface area contributed by atoms with E-state index in [0.717, 1.165) is 12.1 Å². The van der Waals surface area contributed by atoms with Gasteiger partial charge in [-0.25, -0.2) is 9.48 Å². The van der Waals surface area contributed by atoms with E-state index in [1.54, 1.807) is 24.3 Å². The number of carbonyl (C=O) groups excluding carboxylic acids is 2. The lowest BCUT2D eigenvalue weighted by Crippen LogP contribution is -2.50. The Morgan fingerprint density at radius 1 is 1.26 bits per heavy atom. The van der Waals surface area contributed by atoms with E-state index in [0.29, 0.717) is 17.7 Å². The normalized spacial score (nSPS) is 17.4. The van der Waals surface area contributed by atoms with Gasteiger partial charge in [0.2, 0.25) is 5.91 Å². The van der Waals surface area contributed by atoms with Crippen LogP contribution in [0.3, 0.4) is 0 Å². The second kappa shape index (κ2) is 8.78. The van der Waals surface area contributed by atoms with Crippen molar-refractivity contribution in [3.8, 4) is 0 Å². The molecule has 0 radical (unpaired) electrons. The number of amides is 3. The van der Waals surface area contributed by atoms with E-state index in [4.69, 9.17) is 0 Å². The van der Waals surface area contributed by atoms with Gasteiger partial charge in [0.15, 0.2) is 5.82 Å². The van der Waals surface area contributed by atoms with Gasteiger partial charge in [-0.05, 0) is 23.6 Å². The molecular weight excluding hydrogens is 415 g/mol. The number of nitrogens with zero attached hydrogens (tertiary/aromatic N) is 3. The third kappa shape index (κ3) is 5.22. The van der Waals surface area contributed by atoms with E-state index in [-0.39, 0.29) is 28.9 Å². The number of para-hydroxylation sites is 1. The smallest absolute Gasteiger partial charge is 0.324 e. The van der Waals surface area contributed by atoms with Crippen molar-refractivity contribution in [3.05, 3.63) is 52.3 Å². The number of urea groups is 1. The summed E-state index contributed by atoms with van der Waals surface area (Å²) in [7, 11) is 0. The molecule has 0 fully saturated rings. The predicted octanol–water partition coefficient (Wildman–Crippen LogP) is 3.21.